The molecule has 3 rings (SSSR count). The van der Waals surface area contributed by atoms with Gasteiger partial charge in [0.05, 0.1) is 0 Å². The van der Waals surface area contributed by atoms with Gasteiger partial charge >= 0.3 is 5.69 Å². The first-order chi connectivity index (χ1) is 8.63. The molecule has 1 aliphatic rings. The highest BCUT2D eigenvalue weighted by atomic mass is 35.5. The van der Waals surface area contributed by atoms with Gasteiger partial charge in [0.25, 0.3) is 0 Å². The second kappa shape index (κ2) is 4.28. The van der Waals surface area contributed by atoms with Crippen molar-refractivity contribution in [1.29, 1.82) is 0 Å². The summed E-state index contributed by atoms with van der Waals surface area (Å²) in [6, 6.07) is 3.65. The number of anilines is 1. The zero-order valence-electron chi connectivity index (χ0n) is 10.0. The van der Waals surface area contributed by atoms with E-state index in [1.165, 1.54) is 4.52 Å². The molecule has 0 radical (unpaired) electrons. The van der Waals surface area contributed by atoms with Crippen LogP contribution in [0.5, 0.6) is 0 Å². The SMILES string of the molecule is CN(CC1CC(Cl)C1)c1ccc2n[nH]c(=O)n2n1. The fraction of sp³-hybridized carbons (Fsp3) is 0.545. The second-order valence-corrected chi connectivity index (χ2v) is 5.42. The van der Waals surface area contributed by atoms with E-state index in [4.69, 9.17) is 11.6 Å². The molecule has 2 aromatic rings. The minimum Gasteiger partial charge on any atom is -0.358 e. The van der Waals surface area contributed by atoms with Crippen LogP contribution < -0.4 is 10.6 Å². The molecule has 0 aliphatic heterocycles. The highest BCUT2D eigenvalue weighted by Crippen LogP contribution is 2.32. The van der Waals surface area contributed by atoms with Crippen LogP contribution in [0.15, 0.2) is 16.9 Å². The Hall–Kier alpha value is -1.56. The molecule has 0 atom stereocenters. The van der Waals surface area contributed by atoms with Crippen LogP contribution in [0.2, 0.25) is 0 Å². The maximum atomic E-state index is 11.4. The number of aromatic nitrogens is 4. The number of nitrogens with zero attached hydrogens (tertiary/aromatic N) is 4. The summed E-state index contributed by atoms with van der Waals surface area (Å²) in [5, 5.41) is 10.8. The van der Waals surface area contributed by atoms with E-state index in [1.54, 1.807) is 6.07 Å². The van der Waals surface area contributed by atoms with Crippen LogP contribution in [0, 0.1) is 5.92 Å². The molecule has 0 bridgehead atoms. The number of aromatic amines is 1. The average Bonchev–Trinajstić information content (AvgIpc) is 2.69. The number of hydrogen-bond donors (Lipinski definition) is 1. The lowest BCUT2D eigenvalue weighted by Crippen LogP contribution is -2.35. The van der Waals surface area contributed by atoms with Crippen molar-refractivity contribution in [3.63, 3.8) is 0 Å². The van der Waals surface area contributed by atoms with Gasteiger partial charge < -0.3 is 4.90 Å². The zero-order chi connectivity index (χ0) is 12.7. The molecule has 2 aromatic heterocycles. The van der Waals surface area contributed by atoms with Crippen LogP contribution in [0.1, 0.15) is 12.8 Å². The van der Waals surface area contributed by atoms with Crippen LogP contribution in [-0.4, -0.2) is 38.8 Å². The molecule has 7 heteroatoms. The molecule has 2 heterocycles. The summed E-state index contributed by atoms with van der Waals surface area (Å²) in [6.45, 7) is 0.911. The largest absolute Gasteiger partial charge is 0.364 e. The van der Waals surface area contributed by atoms with Crippen molar-refractivity contribution in [3.8, 4) is 0 Å². The van der Waals surface area contributed by atoms with Crippen LogP contribution >= 0.6 is 11.6 Å². The fourth-order valence-electron chi connectivity index (χ4n) is 2.28. The Labute approximate surface area is 109 Å². The van der Waals surface area contributed by atoms with Gasteiger partial charge in [-0.25, -0.2) is 9.89 Å². The predicted molar refractivity (Wildman–Crippen MR) is 69.2 cm³/mol. The lowest BCUT2D eigenvalue weighted by atomic mass is 9.84. The quantitative estimate of drug-likeness (QED) is 0.838. The lowest BCUT2D eigenvalue weighted by molar-refractivity contribution is 0.328. The Bertz CT molecular complexity index is 615. The third-order valence-electron chi connectivity index (χ3n) is 3.36. The number of hydrogen-bond acceptors (Lipinski definition) is 4. The predicted octanol–water partition coefficient (Wildman–Crippen LogP) is 0.871. The van der Waals surface area contributed by atoms with Gasteiger partial charge in [-0.3, -0.25) is 0 Å². The first-order valence-electron chi connectivity index (χ1n) is 5.93. The monoisotopic (exact) mass is 267 g/mol. The van der Waals surface area contributed by atoms with Gasteiger partial charge in [-0.1, -0.05) is 0 Å². The summed E-state index contributed by atoms with van der Waals surface area (Å²) in [4.78, 5) is 13.5. The summed E-state index contributed by atoms with van der Waals surface area (Å²) in [6.07, 6.45) is 2.11. The van der Waals surface area contributed by atoms with Crippen molar-refractivity contribution in [2.75, 3.05) is 18.5 Å². The van der Waals surface area contributed by atoms with Crippen molar-refractivity contribution in [1.82, 2.24) is 19.8 Å². The maximum Gasteiger partial charge on any atom is 0.364 e. The molecular weight excluding hydrogens is 254 g/mol. The normalized spacial score (nSPS) is 23.0. The molecule has 18 heavy (non-hydrogen) atoms. The van der Waals surface area contributed by atoms with E-state index < -0.39 is 0 Å². The molecule has 0 aromatic carbocycles. The number of H-pyrrole nitrogens is 1. The molecule has 96 valence electrons. The molecule has 1 fully saturated rings. The van der Waals surface area contributed by atoms with E-state index in [0.717, 1.165) is 25.2 Å². The summed E-state index contributed by atoms with van der Waals surface area (Å²) >= 11 is 5.97. The van der Waals surface area contributed by atoms with E-state index in [0.29, 0.717) is 16.9 Å². The Balaban J connectivity index is 1.80. The Kier molecular flexibility index (Phi) is 2.74. The number of fused-ring (bicyclic) bond motifs is 1. The van der Waals surface area contributed by atoms with Gasteiger partial charge in [0.1, 0.15) is 5.82 Å². The standard InChI is InChI=1S/C11H14ClN5O/c1-16(6-7-4-8(12)5-7)10-3-2-9-13-14-11(18)17(9)15-10/h2-3,7-8H,4-6H2,1H3,(H,14,18). The number of nitrogens with one attached hydrogen (secondary N) is 1. The van der Waals surface area contributed by atoms with Gasteiger partial charge in [0.2, 0.25) is 0 Å². The lowest BCUT2D eigenvalue weighted by Gasteiger charge is -2.34. The third-order valence-corrected chi connectivity index (χ3v) is 3.72. The van der Waals surface area contributed by atoms with Gasteiger partial charge in [0, 0.05) is 19.0 Å². The van der Waals surface area contributed by atoms with Gasteiger partial charge in [0.15, 0.2) is 5.65 Å². The van der Waals surface area contributed by atoms with Crippen molar-refractivity contribution in [2.45, 2.75) is 18.2 Å². The summed E-state index contributed by atoms with van der Waals surface area (Å²) in [5.41, 5.74) is 0.214. The van der Waals surface area contributed by atoms with Gasteiger partial charge in [-0.05, 0) is 30.9 Å². The molecule has 1 aliphatic carbocycles. The Morgan fingerprint density at radius 1 is 1.56 bits per heavy atom. The van der Waals surface area contributed by atoms with Crippen molar-refractivity contribution < 1.29 is 0 Å². The van der Waals surface area contributed by atoms with Crippen molar-refractivity contribution >= 4 is 23.1 Å². The average molecular weight is 268 g/mol. The molecule has 0 amide bonds. The van der Waals surface area contributed by atoms with Crippen LogP contribution in [0.4, 0.5) is 5.82 Å². The second-order valence-electron chi connectivity index (χ2n) is 4.81. The number of rotatable bonds is 3. The Morgan fingerprint density at radius 2 is 2.33 bits per heavy atom. The first kappa shape index (κ1) is 11.5. The van der Waals surface area contributed by atoms with Crippen molar-refractivity contribution in [3.05, 3.63) is 22.6 Å². The highest BCUT2D eigenvalue weighted by molar-refractivity contribution is 6.21. The smallest absolute Gasteiger partial charge is 0.358 e. The molecule has 1 N–H and O–H groups in total. The van der Waals surface area contributed by atoms with Gasteiger partial charge in [-0.2, -0.15) is 9.61 Å². The minimum atomic E-state index is -0.315. The molecule has 0 spiro atoms. The number of halogens is 1. The minimum absolute atomic E-state index is 0.315. The van der Waals surface area contributed by atoms with Crippen LogP contribution in [0.25, 0.3) is 5.65 Å². The summed E-state index contributed by atoms with van der Waals surface area (Å²) < 4.78 is 1.27. The molecule has 0 saturated heterocycles. The Morgan fingerprint density at radius 3 is 3.06 bits per heavy atom. The maximum absolute atomic E-state index is 11.4. The summed E-state index contributed by atoms with van der Waals surface area (Å²) in [7, 11) is 1.97. The van der Waals surface area contributed by atoms with Gasteiger partial charge in [-0.15, -0.1) is 16.7 Å². The molecular formula is C11H14ClN5O. The number of alkyl halides is 1. The van der Waals surface area contributed by atoms with E-state index in [-0.39, 0.29) is 5.69 Å². The van der Waals surface area contributed by atoms with Crippen LogP contribution in [-0.2, 0) is 0 Å². The van der Waals surface area contributed by atoms with E-state index in [2.05, 4.69) is 15.3 Å². The highest BCUT2D eigenvalue weighted by Gasteiger charge is 2.28. The van der Waals surface area contributed by atoms with E-state index in [9.17, 15) is 4.79 Å². The molecule has 6 nitrogen and oxygen atoms in total. The first-order valence-corrected chi connectivity index (χ1v) is 6.37. The fourth-order valence-corrected chi connectivity index (χ4v) is 2.79. The van der Waals surface area contributed by atoms with Crippen LogP contribution in [0.3, 0.4) is 0 Å². The zero-order valence-corrected chi connectivity index (χ0v) is 10.8. The van der Waals surface area contributed by atoms with Crippen molar-refractivity contribution in [2.24, 2.45) is 5.92 Å². The summed E-state index contributed by atoms with van der Waals surface area (Å²) in [5.74, 6) is 1.39. The molecule has 1 saturated carbocycles. The topological polar surface area (TPSA) is 66.3 Å². The van der Waals surface area contributed by atoms with E-state index >= 15 is 0 Å². The molecule has 0 unspecified atom stereocenters. The third kappa shape index (κ3) is 1.96. The van der Waals surface area contributed by atoms with E-state index in [1.807, 2.05) is 18.0 Å².